The summed E-state index contributed by atoms with van der Waals surface area (Å²) in [5.74, 6) is 0. The number of nitrogens with zero attached hydrogens (tertiary/aromatic N) is 2. The predicted molar refractivity (Wildman–Crippen MR) is 113 cm³/mol. The molecule has 0 fully saturated rings. The van der Waals surface area contributed by atoms with Crippen molar-refractivity contribution in [3.8, 4) is 12.1 Å². The van der Waals surface area contributed by atoms with Crippen LogP contribution in [0.25, 0.3) is 12.2 Å². The third-order valence-electron chi connectivity index (χ3n) is 3.63. The van der Waals surface area contributed by atoms with Crippen LogP contribution in [0.3, 0.4) is 0 Å². The Morgan fingerprint density at radius 3 is 1.33 bits per heavy atom. The van der Waals surface area contributed by atoms with Gasteiger partial charge >= 0.3 is 163 Å². The van der Waals surface area contributed by atoms with Crippen LogP contribution in [0.1, 0.15) is 20.9 Å². The van der Waals surface area contributed by atoms with E-state index >= 15 is 0 Å². The van der Waals surface area contributed by atoms with E-state index in [0.29, 0.717) is 0 Å². The molecule has 0 aliphatic rings. The van der Waals surface area contributed by atoms with E-state index in [4.69, 9.17) is 0 Å². The summed E-state index contributed by atoms with van der Waals surface area (Å²) in [6.45, 7) is 0. The summed E-state index contributed by atoms with van der Waals surface area (Å²) in [5.41, 5.74) is 1.53. The molecule has 0 saturated heterocycles. The summed E-state index contributed by atoms with van der Waals surface area (Å²) in [5, 5.41) is 18.8. The minimum absolute atomic E-state index is 0.767. The van der Waals surface area contributed by atoms with Gasteiger partial charge in [0, 0.05) is 0 Å². The molecule has 0 spiro atoms. The maximum absolute atomic E-state index is 9.41. The van der Waals surface area contributed by atoms with Crippen molar-refractivity contribution >= 4 is 77.4 Å². The van der Waals surface area contributed by atoms with E-state index in [1.165, 1.54) is 5.79 Å². The summed E-state index contributed by atoms with van der Waals surface area (Å²) < 4.78 is 2.83. The molecule has 0 bridgehead atoms. The van der Waals surface area contributed by atoms with Crippen LogP contribution in [0.15, 0.2) is 12.1 Å². The first kappa shape index (κ1) is 20.0. The molecule has 2 heterocycles. The molecule has 0 aliphatic carbocycles. The summed E-state index contributed by atoms with van der Waals surface area (Å²) in [7, 11) is 0. The zero-order valence-electron chi connectivity index (χ0n) is 15.0. The number of thiophene rings is 2. The quantitative estimate of drug-likeness (QED) is 0.498. The van der Waals surface area contributed by atoms with E-state index in [2.05, 4.69) is 53.9 Å². The van der Waals surface area contributed by atoms with E-state index in [-0.39, 0.29) is 0 Å². The molecule has 0 amide bonds. The van der Waals surface area contributed by atoms with Gasteiger partial charge in [0.1, 0.15) is 0 Å². The Morgan fingerprint density at radius 2 is 1.08 bits per heavy atom. The SMILES string of the molecule is [CH3][Sn]([CH3])([CH3])[c]1cc(C#N)c(/C=C/c2s[c]([Sn]([CH3])([CH3])[CH3])cc2C#N)s1. The van der Waals surface area contributed by atoms with E-state index < -0.39 is 36.8 Å². The van der Waals surface area contributed by atoms with Gasteiger partial charge in [-0.3, -0.25) is 0 Å². The van der Waals surface area contributed by atoms with Crippen molar-refractivity contribution in [1.29, 1.82) is 10.5 Å². The number of nitriles is 2. The zero-order chi connectivity index (χ0) is 18.1. The summed E-state index contributed by atoms with van der Waals surface area (Å²) in [6, 6.07) is 8.81. The van der Waals surface area contributed by atoms with Gasteiger partial charge in [0.25, 0.3) is 0 Å². The Morgan fingerprint density at radius 1 is 0.750 bits per heavy atom. The molecule has 124 valence electrons. The molecular weight excluding hydrogens is 546 g/mol. The molecule has 0 aliphatic heterocycles. The first-order valence-electron chi connectivity index (χ1n) is 7.83. The van der Waals surface area contributed by atoms with E-state index in [1.807, 2.05) is 12.2 Å². The van der Waals surface area contributed by atoms with Crippen molar-refractivity contribution in [1.82, 2.24) is 0 Å². The molecule has 24 heavy (non-hydrogen) atoms. The maximum atomic E-state index is 9.41. The third-order valence-corrected chi connectivity index (χ3v) is 24.7. The van der Waals surface area contributed by atoms with Crippen molar-refractivity contribution in [2.45, 2.75) is 29.6 Å². The van der Waals surface area contributed by atoms with Crippen LogP contribution >= 0.6 is 22.7 Å². The second-order valence-electron chi connectivity index (χ2n) is 7.83. The molecule has 2 aromatic heterocycles. The van der Waals surface area contributed by atoms with Gasteiger partial charge in [-0.2, -0.15) is 0 Å². The van der Waals surface area contributed by atoms with Crippen molar-refractivity contribution in [3.63, 3.8) is 0 Å². The molecule has 0 N–H and O–H groups in total. The molecule has 6 heteroatoms. The van der Waals surface area contributed by atoms with Crippen LogP contribution < -0.4 is 5.79 Å². The van der Waals surface area contributed by atoms with E-state index in [9.17, 15) is 10.5 Å². The van der Waals surface area contributed by atoms with Crippen molar-refractivity contribution in [2.24, 2.45) is 0 Å². The standard InChI is InChI=1S/C12H4N2S2.6CH3.2Sn/c13-7-9-3-5-15-11(9)1-2-12-10(8-14)4-6-16-12;;;;;;;;/h1-4H;6*1H3;;/b2-1+;;;;;;;;. The van der Waals surface area contributed by atoms with E-state index in [0.717, 1.165) is 20.9 Å². The Kier molecular flexibility index (Phi) is 6.29. The van der Waals surface area contributed by atoms with Gasteiger partial charge in [0.05, 0.1) is 0 Å². The predicted octanol–water partition coefficient (Wildman–Crippen LogP) is 4.81. The second kappa shape index (κ2) is 7.53. The van der Waals surface area contributed by atoms with Crippen LogP contribution in [0.2, 0.25) is 29.6 Å². The van der Waals surface area contributed by atoms with Gasteiger partial charge in [-0.15, -0.1) is 0 Å². The molecule has 2 aromatic rings. The number of rotatable bonds is 4. The third kappa shape index (κ3) is 4.66. The van der Waals surface area contributed by atoms with Crippen LogP contribution in [0, 0.1) is 22.7 Å². The van der Waals surface area contributed by atoms with Gasteiger partial charge in [-0.05, 0) is 0 Å². The number of hydrogen-bond donors (Lipinski definition) is 0. The Balaban J connectivity index is 2.43. The van der Waals surface area contributed by atoms with Crippen LogP contribution in [-0.2, 0) is 0 Å². The molecule has 0 unspecified atom stereocenters. The average molecular weight is 568 g/mol. The minimum atomic E-state index is -2.16. The molecule has 2 rings (SSSR count). The number of hydrogen-bond acceptors (Lipinski definition) is 4. The Labute approximate surface area is 161 Å². The summed E-state index contributed by atoms with van der Waals surface area (Å²) >= 11 is -0.808. The summed E-state index contributed by atoms with van der Waals surface area (Å²) in [6.07, 6.45) is 4.05. The van der Waals surface area contributed by atoms with Crippen molar-refractivity contribution in [3.05, 3.63) is 33.0 Å². The van der Waals surface area contributed by atoms with Crippen LogP contribution in [-0.4, -0.2) is 36.8 Å². The van der Waals surface area contributed by atoms with Crippen LogP contribution in [0.5, 0.6) is 0 Å². The topological polar surface area (TPSA) is 47.6 Å². The average Bonchev–Trinajstić information content (AvgIpc) is 3.07. The fourth-order valence-electron chi connectivity index (χ4n) is 2.12. The first-order chi connectivity index (χ1) is 11.1. The second-order valence-corrected chi connectivity index (χ2v) is 40.8. The van der Waals surface area contributed by atoms with Gasteiger partial charge in [0.15, 0.2) is 0 Å². The van der Waals surface area contributed by atoms with Gasteiger partial charge < -0.3 is 0 Å². The molecule has 2 nitrogen and oxygen atoms in total. The molecular formula is C18H22N2S2Sn2. The van der Waals surface area contributed by atoms with Crippen molar-refractivity contribution in [2.75, 3.05) is 0 Å². The van der Waals surface area contributed by atoms with E-state index in [1.54, 1.807) is 22.7 Å². The zero-order valence-corrected chi connectivity index (χ0v) is 22.4. The molecule has 0 atom stereocenters. The fourth-order valence-corrected chi connectivity index (χ4v) is 14.7. The molecule has 0 radical (unpaired) electrons. The van der Waals surface area contributed by atoms with Crippen LogP contribution in [0.4, 0.5) is 0 Å². The normalized spacial score (nSPS) is 12.3. The monoisotopic (exact) mass is 570 g/mol. The van der Waals surface area contributed by atoms with Gasteiger partial charge in [0.2, 0.25) is 0 Å². The van der Waals surface area contributed by atoms with Crippen molar-refractivity contribution < 1.29 is 0 Å². The molecule has 0 saturated carbocycles. The van der Waals surface area contributed by atoms with Gasteiger partial charge in [-0.1, -0.05) is 0 Å². The Bertz CT molecular complexity index is 791. The first-order valence-corrected chi connectivity index (χ1v) is 29.4. The summed E-state index contributed by atoms with van der Waals surface area (Å²) in [4.78, 5) is 16.2. The Hall–Kier alpha value is -0.283. The fraction of sp³-hybridized carbons (Fsp3) is 0.333. The van der Waals surface area contributed by atoms with Gasteiger partial charge in [-0.25, -0.2) is 0 Å². The molecule has 0 aromatic carbocycles.